The lowest BCUT2D eigenvalue weighted by atomic mass is 9.71. The summed E-state index contributed by atoms with van der Waals surface area (Å²) < 4.78 is 13.4. The van der Waals surface area contributed by atoms with Crippen molar-refractivity contribution in [2.75, 3.05) is 11.4 Å². The number of pyridine rings is 1. The number of nitriles is 1. The van der Waals surface area contributed by atoms with Crippen molar-refractivity contribution in [1.29, 1.82) is 5.26 Å². The maximum atomic E-state index is 13.4. The Labute approximate surface area is 168 Å². The SMILES string of the molecule is N#Cc1cccc(N2CC[C@]3(CCC[C@@H](NC(=O)c4cccc(F)c4)C3)C2=O)n1. The second-order valence-corrected chi connectivity index (χ2v) is 7.76. The maximum Gasteiger partial charge on any atom is 0.251 e. The zero-order valence-corrected chi connectivity index (χ0v) is 15.9. The average molecular weight is 392 g/mol. The van der Waals surface area contributed by atoms with Gasteiger partial charge in [0.05, 0.1) is 5.41 Å². The van der Waals surface area contributed by atoms with E-state index in [4.69, 9.17) is 5.26 Å². The number of carbonyl (C=O) groups is 2. The number of carbonyl (C=O) groups excluding carboxylic acids is 2. The summed E-state index contributed by atoms with van der Waals surface area (Å²) >= 11 is 0. The summed E-state index contributed by atoms with van der Waals surface area (Å²) in [6, 6.07) is 12.5. The molecule has 4 rings (SSSR count). The van der Waals surface area contributed by atoms with Crippen molar-refractivity contribution in [3.05, 3.63) is 59.5 Å². The molecule has 0 unspecified atom stereocenters. The summed E-state index contributed by atoms with van der Waals surface area (Å²) in [5.74, 6) is -0.273. The van der Waals surface area contributed by atoms with Crippen LogP contribution in [0.1, 0.15) is 48.2 Å². The zero-order valence-electron chi connectivity index (χ0n) is 15.9. The molecule has 1 saturated carbocycles. The fourth-order valence-electron chi connectivity index (χ4n) is 4.48. The number of benzene rings is 1. The minimum Gasteiger partial charge on any atom is -0.349 e. The van der Waals surface area contributed by atoms with Crippen LogP contribution in [0.3, 0.4) is 0 Å². The summed E-state index contributed by atoms with van der Waals surface area (Å²) in [6.07, 6.45) is 3.64. The first-order valence-electron chi connectivity index (χ1n) is 9.76. The molecule has 1 saturated heterocycles. The van der Waals surface area contributed by atoms with Gasteiger partial charge in [0, 0.05) is 18.2 Å². The van der Waals surface area contributed by atoms with E-state index in [1.54, 1.807) is 29.2 Å². The Bertz CT molecular complexity index is 1000. The molecule has 1 aromatic carbocycles. The van der Waals surface area contributed by atoms with Crippen LogP contribution in [0.25, 0.3) is 0 Å². The molecule has 29 heavy (non-hydrogen) atoms. The third-order valence-corrected chi connectivity index (χ3v) is 5.91. The number of nitrogens with zero attached hydrogens (tertiary/aromatic N) is 3. The maximum absolute atomic E-state index is 13.4. The van der Waals surface area contributed by atoms with Crippen LogP contribution in [0.5, 0.6) is 0 Å². The van der Waals surface area contributed by atoms with Gasteiger partial charge in [-0.1, -0.05) is 18.6 Å². The number of halogens is 1. The van der Waals surface area contributed by atoms with Crippen molar-refractivity contribution in [3.8, 4) is 6.07 Å². The Balaban J connectivity index is 1.48. The molecule has 6 nitrogen and oxygen atoms in total. The van der Waals surface area contributed by atoms with E-state index in [9.17, 15) is 14.0 Å². The van der Waals surface area contributed by atoms with Gasteiger partial charge in [-0.05, 0) is 56.0 Å². The van der Waals surface area contributed by atoms with Gasteiger partial charge < -0.3 is 5.32 Å². The Morgan fingerprint density at radius 2 is 2.10 bits per heavy atom. The van der Waals surface area contributed by atoms with E-state index in [1.165, 1.54) is 18.2 Å². The van der Waals surface area contributed by atoms with Crippen LogP contribution in [-0.2, 0) is 4.79 Å². The Hall–Kier alpha value is -3.27. The van der Waals surface area contributed by atoms with Gasteiger partial charge in [-0.25, -0.2) is 9.37 Å². The fourth-order valence-corrected chi connectivity index (χ4v) is 4.48. The Morgan fingerprint density at radius 1 is 1.28 bits per heavy atom. The smallest absolute Gasteiger partial charge is 0.251 e. The van der Waals surface area contributed by atoms with Gasteiger partial charge in [-0.3, -0.25) is 14.5 Å². The molecule has 2 heterocycles. The number of hydrogen-bond donors (Lipinski definition) is 1. The fraction of sp³-hybridized carbons (Fsp3) is 0.364. The number of aromatic nitrogens is 1. The highest BCUT2D eigenvalue weighted by Gasteiger charge is 2.50. The largest absolute Gasteiger partial charge is 0.349 e. The molecule has 2 atom stereocenters. The molecule has 2 aromatic rings. The molecule has 0 radical (unpaired) electrons. The third-order valence-electron chi connectivity index (χ3n) is 5.91. The molecule has 148 valence electrons. The van der Waals surface area contributed by atoms with Crippen molar-refractivity contribution in [1.82, 2.24) is 10.3 Å². The van der Waals surface area contributed by atoms with Crippen LogP contribution < -0.4 is 10.2 Å². The van der Waals surface area contributed by atoms with Crippen molar-refractivity contribution < 1.29 is 14.0 Å². The van der Waals surface area contributed by atoms with Crippen LogP contribution in [0.15, 0.2) is 42.5 Å². The second-order valence-electron chi connectivity index (χ2n) is 7.76. The lowest BCUT2D eigenvalue weighted by molar-refractivity contribution is -0.127. The van der Waals surface area contributed by atoms with Crippen LogP contribution in [-0.4, -0.2) is 29.4 Å². The first-order chi connectivity index (χ1) is 14.0. The summed E-state index contributed by atoms with van der Waals surface area (Å²) in [6.45, 7) is 0.547. The number of hydrogen-bond acceptors (Lipinski definition) is 4. The number of anilines is 1. The van der Waals surface area contributed by atoms with Gasteiger partial charge in [0.2, 0.25) is 5.91 Å². The highest BCUT2D eigenvalue weighted by atomic mass is 19.1. The van der Waals surface area contributed by atoms with Gasteiger partial charge in [0.25, 0.3) is 5.91 Å². The Morgan fingerprint density at radius 3 is 2.90 bits per heavy atom. The van der Waals surface area contributed by atoms with Gasteiger partial charge in [-0.2, -0.15) is 5.26 Å². The molecule has 0 bridgehead atoms. The third kappa shape index (κ3) is 3.70. The Kier molecular flexibility index (Phi) is 5.01. The summed E-state index contributed by atoms with van der Waals surface area (Å²) in [5, 5.41) is 12.0. The van der Waals surface area contributed by atoms with Crippen LogP contribution in [0, 0.1) is 22.6 Å². The zero-order chi connectivity index (χ0) is 20.4. The topological polar surface area (TPSA) is 86.1 Å². The van der Waals surface area contributed by atoms with Gasteiger partial charge in [-0.15, -0.1) is 0 Å². The molecule has 1 aliphatic carbocycles. The van der Waals surface area contributed by atoms with Crippen LogP contribution >= 0.6 is 0 Å². The van der Waals surface area contributed by atoms with Crippen LogP contribution in [0.2, 0.25) is 0 Å². The van der Waals surface area contributed by atoms with Gasteiger partial charge in [0.15, 0.2) is 0 Å². The van der Waals surface area contributed by atoms with E-state index >= 15 is 0 Å². The minimum absolute atomic E-state index is 0.00444. The van der Waals surface area contributed by atoms with Gasteiger partial charge in [0.1, 0.15) is 23.4 Å². The second kappa shape index (κ2) is 7.63. The highest BCUT2D eigenvalue weighted by Crippen LogP contribution is 2.45. The molecule has 1 aromatic heterocycles. The summed E-state index contributed by atoms with van der Waals surface area (Å²) in [7, 11) is 0. The summed E-state index contributed by atoms with van der Waals surface area (Å²) in [5.41, 5.74) is 0.0317. The first kappa shape index (κ1) is 19.1. The number of nitrogens with one attached hydrogen (secondary N) is 1. The molecule has 7 heteroatoms. The molecule has 1 spiro atoms. The molecule has 2 fully saturated rings. The van der Waals surface area contributed by atoms with Crippen molar-refractivity contribution in [3.63, 3.8) is 0 Å². The van der Waals surface area contributed by atoms with E-state index in [2.05, 4.69) is 10.3 Å². The molecular formula is C22H21FN4O2. The molecular weight excluding hydrogens is 371 g/mol. The predicted molar refractivity (Wildman–Crippen MR) is 104 cm³/mol. The van der Waals surface area contributed by atoms with Crippen LogP contribution in [0.4, 0.5) is 10.2 Å². The summed E-state index contributed by atoms with van der Waals surface area (Å²) in [4.78, 5) is 31.7. The van der Waals surface area contributed by atoms with E-state index in [0.29, 0.717) is 25.2 Å². The van der Waals surface area contributed by atoms with E-state index in [-0.39, 0.29) is 29.1 Å². The predicted octanol–water partition coefficient (Wildman–Crippen LogP) is 3.19. The number of rotatable bonds is 3. The quantitative estimate of drug-likeness (QED) is 0.869. The molecule has 2 aliphatic rings. The molecule has 1 N–H and O–H groups in total. The normalized spacial score (nSPS) is 23.8. The first-order valence-corrected chi connectivity index (χ1v) is 9.76. The van der Waals surface area contributed by atoms with E-state index < -0.39 is 11.2 Å². The van der Waals surface area contributed by atoms with Gasteiger partial charge >= 0.3 is 0 Å². The molecule has 1 aliphatic heterocycles. The number of amides is 2. The monoisotopic (exact) mass is 392 g/mol. The standard InChI is InChI=1S/C22H21FN4O2/c23-16-5-1-4-15(12-16)20(28)26-17-7-3-9-22(13-17)10-11-27(21(22)29)19-8-2-6-18(14-24)25-19/h1-2,4-6,8,12,17H,3,7,9-11,13H2,(H,26,28)/t17-,22+/m1/s1. The van der Waals surface area contributed by atoms with E-state index in [0.717, 1.165) is 19.3 Å². The molecule has 2 amide bonds. The highest BCUT2D eigenvalue weighted by molar-refractivity contribution is 5.99. The lowest BCUT2D eigenvalue weighted by Gasteiger charge is -2.36. The lowest BCUT2D eigenvalue weighted by Crippen LogP contribution is -2.46. The van der Waals surface area contributed by atoms with Crippen molar-refractivity contribution >= 4 is 17.6 Å². The van der Waals surface area contributed by atoms with Crippen molar-refractivity contribution in [2.24, 2.45) is 5.41 Å². The minimum atomic E-state index is -0.525. The average Bonchev–Trinajstić information content (AvgIpc) is 3.03. The van der Waals surface area contributed by atoms with E-state index in [1.807, 2.05) is 6.07 Å². The van der Waals surface area contributed by atoms with Crippen molar-refractivity contribution in [2.45, 2.75) is 38.1 Å².